The lowest BCUT2D eigenvalue weighted by Crippen LogP contribution is -2.23. The van der Waals surface area contributed by atoms with Crippen molar-refractivity contribution in [1.29, 1.82) is 0 Å². The number of nitrogens with zero attached hydrogens (tertiary/aromatic N) is 5. The third-order valence-electron chi connectivity index (χ3n) is 3.20. The summed E-state index contributed by atoms with van der Waals surface area (Å²) >= 11 is 0. The van der Waals surface area contributed by atoms with Crippen molar-refractivity contribution in [2.24, 2.45) is 5.10 Å². The Kier molecular flexibility index (Phi) is 5.65. The van der Waals surface area contributed by atoms with E-state index in [1.165, 1.54) is 23.0 Å². The highest BCUT2D eigenvalue weighted by atomic mass is 16.2. The second-order valence-corrected chi connectivity index (χ2v) is 4.65. The molecular formula is C15H20N6O. The average molecular weight is 300 g/mol. The van der Waals surface area contributed by atoms with E-state index in [1.54, 1.807) is 6.21 Å². The van der Waals surface area contributed by atoms with Gasteiger partial charge in [-0.25, -0.2) is 15.1 Å². The van der Waals surface area contributed by atoms with Gasteiger partial charge in [-0.3, -0.25) is 4.79 Å². The lowest BCUT2D eigenvalue weighted by molar-refractivity contribution is -0.121. The molecule has 0 saturated carbocycles. The molecule has 22 heavy (non-hydrogen) atoms. The van der Waals surface area contributed by atoms with Crippen molar-refractivity contribution in [3.8, 4) is 0 Å². The number of aromatic nitrogens is 3. The zero-order valence-electron chi connectivity index (χ0n) is 12.8. The molecule has 7 heteroatoms. The van der Waals surface area contributed by atoms with Crippen molar-refractivity contribution in [2.75, 3.05) is 18.0 Å². The van der Waals surface area contributed by atoms with E-state index in [9.17, 15) is 4.79 Å². The predicted octanol–water partition coefficient (Wildman–Crippen LogP) is 1.27. The molecule has 116 valence electrons. The van der Waals surface area contributed by atoms with Gasteiger partial charge in [-0.05, 0) is 31.5 Å². The van der Waals surface area contributed by atoms with Crippen LogP contribution in [0, 0.1) is 0 Å². The summed E-state index contributed by atoms with van der Waals surface area (Å²) in [6.45, 7) is 6.30. The topological polar surface area (TPSA) is 75.4 Å². The molecular weight excluding hydrogens is 280 g/mol. The second-order valence-electron chi connectivity index (χ2n) is 4.65. The fraction of sp³-hybridized carbons (Fsp3) is 0.333. The zero-order valence-corrected chi connectivity index (χ0v) is 12.8. The number of amides is 1. The first-order valence-corrected chi connectivity index (χ1v) is 7.22. The fourth-order valence-corrected chi connectivity index (χ4v) is 2.04. The van der Waals surface area contributed by atoms with Crippen LogP contribution >= 0.6 is 0 Å². The van der Waals surface area contributed by atoms with Crippen LogP contribution in [-0.4, -0.2) is 40.0 Å². The Morgan fingerprint density at radius 2 is 2.05 bits per heavy atom. The summed E-state index contributed by atoms with van der Waals surface area (Å²) in [4.78, 5) is 17.6. The molecule has 0 unspecified atom stereocenters. The lowest BCUT2D eigenvalue weighted by atomic mass is 10.2. The van der Waals surface area contributed by atoms with Gasteiger partial charge in [-0.2, -0.15) is 10.2 Å². The Balaban J connectivity index is 1.86. The van der Waals surface area contributed by atoms with Gasteiger partial charge in [0.1, 0.15) is 19.2 Å². The highest BCUT2D eigenvalue weighted by molar-refractivity contribution is 5.82. The summed E-state index contributed by atoms with van der Waals surface area (Å²) in [5.74, 6) is -0.249. The molecule has 1 N–H and O–H groups in total. The number of nitrogens with one attached hydrogen (secondary N) is 1. The number of hydrogen-bond acceptors (Lipinski definition) is 5. The maximum absolute atomic E-state index is 11.6. The van der Waals surface area contributed by atoms with Crippen molar-refractivity contribution in [2.45, 2.75) is 20.4 Å². The monoisotopic (exact) mass is 300 g/mol. The smallest absolute Gasteiger partial charge is 0.261 e. The summed E-state index contributed by atoms with van der Waals surface area (Å²) in [5, 5.41) is 7.79. The van der Waals surface area contributed by atoms with Gasteiger partial charge in [0.05, 0.1) is 6.21 Å². The molecule has 0 aliphatic heterocycles. The molecule has 0 radical (unpaired) electrons. The van der Waals surface area contributed by atoms with Crippen LogP contribution in [0.3, 0.4) is 0 Å². The number of anilines is 1. The largest absolute Gasteiger partial charge is 0.372 e. The van der Waals surface area contributed by atoms with E-state index in [1.807, 2.05) is 24.3 Å². The molecule has 0 spiro atoms. The minimum atomic E-state index is -0.249. The summed E-state index contributed by atoms with van der Waals surface area (Å²) in [5.41, 5.74) is 4.57. The number of hydrazone groups is 1. The average Bonchev–Trinajstić information content (AvgIpc) is 3.03. The van der Waals surface area contributed by atoms with Crippen LogP contribution < -0.4 is 10.3 Å². The highest BCUT2D eigenvalue weighted by Gasteiger charge is 2.02. The van der Waals surface area contributed by atoms with Gasteiger partial charge in [0.2, 0.25) is 0 Å². The van der Waals surface area contributed by atoms with Gasteiger partial charge in [0.15, 0.2) is 0 Å². The summed E-state index contributed by atoms with van der Waals surface area (Å²) in [6.07, 6.45) is 4.48. The van der Waals surface area contributed by atoms with Crippen LogP contribution in [0.5, 0.6) is 0 Å². The van der Waals surface area contributed by atoms with E-state index in [4.69, 9.17) is 0 Å². The molecule has 2 aromatic rings. The van der Waals surface area contributed by atoms with E-state index < -0.39 is 0 Å². The van der Waals surface area contributed by atoms with E-state index >= 15 is 0 Å². The molecule has 0 atom stereocenters. The number of rotatable bonds is 7. The summed E-state index contributed by atoms with van der Waals surface area (Å²) < 4.78 is 1.43. The van der Waals surface area contributed by atoms with Crippen LogP contribution in [-0.2, 0) is 11.3 Å². The number of benzene rings is 1. The van der Waals surface area contributed by atoms with Crippen LogP contribution in [0.15, 0.2) is 42.0 Å². The van der Waals surface area contributed by atoms with Crippen LogP contribution in [0.2, 0.25) is 0 Å². The minimum Gasteiger partial charge on any atom is -0.372 e. The van der Waals surface area contributed by atoms with Crippen LogP contribution in [0.1, 0.15) is 19.4 Å². The Bertz CT molecular complexity index is 601. The minimum absolute atomic E-state index is 0.0955. The third-order valence-corrected chi connectivity index (χ3v) is 3.20. The Hall–Kier alpha value is -2.70. The fourth-order valence-electron chi connectivity index (χ4n) is 2.04. The zero-order chi connectivity index (χ0) is 15.8. The van der Waals surface area contributed by atoms with Gasteiger partial charge < -0.3 is 4.90 Å². The van der Waals surface area contributed by atoms with Gasteiger partial charge >= 0.3 is 0 Å². The number of hydrogen-bond donors (Lipinski definition) is 1. The first-order chi connectivity index (χ1) is 10.7. The molecule has 1 aromatic carbocycles. The quantitative estimate of drug-likeness (QED) is 0.617. The molecule has 0 fully saturated rings. The standard InChI is InChI=1S/C15H20N6O/c1-3-20(4-2)14-7-5-13(6-8-14)9-17-19-15(22)10-21-12-16-11-18-21/h5-9,11-12H,3-4,10H2,1-2H3,(H,19,22). The van der Waals surface area contributed by atoms with E-state index in [-0.39, 0.29) is 12.5 Å². The Morgan fingerprint density at radius 1 is 1.32 bits per heavy atom. The first-order valence-electron chi connectivity index (χ1n) is 7.22. The van der Waals surface area contributed by atoms with Gasteiger partial charge in [-0.15, -0.1) is 0 Å². The lowest BCUT2D eigenvalue weighted by Gasteiger charge is -2.20. The van der Waals surface area contributed by atoms with Gasteiger partial charge in [0.25, 0.3) is 5.91 Å². The van der Waals surface area contributed by atoms with Crippen molar-refractivity contribution in [1.82, 2.24) is 20.2 Å². The maximum atomic E-state index is 11.6. The molecule has 1 aromatic heterocycles. The first kappa shape index (κ1) is 15.7. The summed E-state index contributed by atoms with van der Waals surface area (Å²) in [6, 6.07) is 8.04. The highest BCUT2D eigenvalue weighted by Crippen LogP contribution is 2.13. The van der Waals surface area contributed by atoms with Crippen molar-refractivity contribution in [3.63, 3.8) is 0 Å². The van der Waals surface area contributed by atoms with Crippen LogP contribution in [0.25, 0.3) is 0 Å². The second kappa shape index (κ2) is 7.92. The normalized spacial score (nSPS) is 10.8. The molecule has 1 amide bonds. The molecule has 0 aliphatic carbocycles. The molecule has 1 heterocycles. The Labute approximate surface area is 129 Å². The van der Waals surface area contributed by atoms with Crippen molar-refractivity contribution < 1.29 is 4.79 Å². The molecule has 0 saturated heterocycles. The molecule has 0 aliphatic rings. The van der Waals surface area contributed by atoms with E-state index in [0.717, 1.165) is 18.7 Å². The van der Waals surface area contributed by atoms with Gasteiger partial charge in [-0.1, -0.05) is 12.1 Å². The summed E-state index contributed by atoms with van der Waals surface area (Å²) in [7, 11) is 0. The maximum Gasteiger partial charge on any atom is 0.261 e. The number of carbonyl (C=O) groups excluding carboxylic acids is 1. The SMILES string of the molecule is CCN(CC)c1ccc(C=NNC(=O)Cn2cncn2)cc1. The van der Waals surface area contributed by atoms with Crippen LogP contribution in [0.4, 0.5) is 5.69 Å². The predicted molar refractivity (Wildman–Crippen MR) is 85.8 cm³/mol. The Morgan fingerprint density at radius 3 is 2.64 bits per heavy atom. The van der Waals surface area contributed by atoms with Crippen molar-refractivity contribution >= 4 is 17.8 Å². The third kappa shape index (κ3) is 4.41. The molecule has 0 bridgehead atoms. The van der Waals surface area contributed by atoms with E-state index in [0.29, 0.717) is 0 Å². The van der Waals surface area contributed by atoms with Gasteiger partial charge in [0, 0.05) is 18.8 Å². The molecule has 2 rings (SSSR count). The van der Waals surface area contributed by atoms with Crippen molar-refractivity contribution in [3.05, 3.63) is 42.5 Å². The molecule has 7 nitrogen and oxygen atoms in total. The number of carbonyl (C=O) groups is 1. The van der Waals surface area contributed by atoms with E-state index in [2.05, 4.69) is 39.4 Å².